The summed E-state index contributed by atoms with van der Waals surface area (Å²) < 4.78 is 0. The summed E-state index contributed by atoms with van der Waals surface area (Å²) in [6.45, 7) is 3.10. The van der Waals surface area contributed by atoms with E-state index in [2.05, 4.69) is 0 Å². The molecule has 1 fully saturated rings. The van der Waals surface area contributed by atoms with Gasteiger partial charge in [0, 0.05) is 36.8 Å². The third-order valence-corrected chi connectivity index (χ3v) is 3.04. The number of aryl methyl sites for hydroxylation is 1. The van der Waals surface area contributed by atoms with E-state index in [-0.39, 0.29) is 18.0 Å². The summed E-state index contributed by atoms with van der Waals surface area (Å²) in [6.07, 6.45) is 0.157. The number of carboxylic acid groups (broad SMARTS) is 1. The largest absolute Gasteiger partial charge is 0.481 e. The highest BCUT2D eigenvalue weighted by Crippen LogP contribution is 2.30. The van der Waals surface area contributed by atoms with Gasteiger partial charge in [-0.2, -0.15) is 0 Å². The second-order valence-corrected chi connectivity index (χ2v) is 4.65. The van der Waals surface area contributed by atoms with E-state index in [1.54, 1.807) is 0 Å². The number of hydrogen-bond donors (Lipinski definition) is 1. The van der Waals surface area contributed by atoms with Gasteiger partial charge in [0.25, 0.3) is 5.69 Å². The lowest BCUT2D eigenvalue weighted by Crippen LogP contribution is -2.47. The Morgan fingerprint density at radius 3 is 2.72 bits per heavy atom. The molecular weight excluding hydrogens is 236 g/mol. The van der Waals surface area contributed by atoms with Crippen LogP contribution in [0, 0.1) is 23.0 Å². The maximum Gasteiger partial charge on any atom is 0.303 e. The number of non-ortho nitro benzene ring substituents is 1. The van der Waals surface area contributed by atoms with Crippen LogP contribution in [0.5, 0.6) is 0 Å². The third-order valence-electron chi connectivity index (χ3n) is 3.04. The van der Waals surface area contributed by atoms with E-state index in [4.69, 9.17) is 5.11 Å². The zero-order valence-corrected chi connectivity index (χ0v) is 10.00. The Kier molecular flexibility index (Phi) is 3.18. The Balaban J connectivity index is 2.07. The monoisotopic (exact) mass is 250 g/mol. The van der Waals surface area contributed by atoms with Gasteiger partial charge >= 0.3 is 5.97 Å². The molecule has 0 saturated carbocycles. The van der Waals surface area contributed by atoms with Gasteiger partial charge in [-0.3, -0.25) is 14.9 Å². The summed E-state index contributed by atoms with van der Waals surface area (Å²) in [5.74, 6) is -0.656. The summed E-state index contributed by atoms with van der Waals surface area (Å²) in [4.78, 5) is 22.8. The first kappa shape index (κ1) is 12.3. The van der Waals surface area contributed by atoms with Crippen LogP contribution >= 0.6 is 0 Å². The lowest BCUT2D eigenvalue weighted by molar-refractivity contribution is -0.384. The predicted octanol–water partition coefficient (Wildman–Crippen LogP) is 1.81. The molecule has 0 atom stereocenters. The zero-order chi connectivity index (χ0) is 13.3. The van der Waals surface area contributed by atoms with Crippen molar-refractivity contribution in [1.82, 2.24) is 0 Å². The molecule has 1 heterocycles. The van der Waals surface area contributed by atoms with Crippen LogP contribution < -0.4 is 4.90 Å². The van der Waals surface area contributed by atoms with Crippen LogP contribution in [-0.4, -0.2) is 29.1 Å². The van der Waals surface area contributed by atoms with Crippen LogP contribution in [0.25, 0.3) is 0 Å². The highest BCUT2D eigenvalue weighted by molar-refractivity contribution is 5.68. The zero-order valence-electron chi connectivity index (χ0n) is 10.00. The van der Waals surface area contributed by atoms with E-state index in [0.717, 1.165) is 11.3 Å². The minimum Gasteiger partial charge on any atom is -0.481 e. The molecule has 1 N–H and O–H groups in total. The highest BCUT2D eigenvalue weighted by atomic mass is 16.6. The summed E-state index contributed by atoms with van der Waals surface area (Å²) in [7, 11) is 0. The Labute approximate surface area is 104 Å². The van der Waals surface area contributed by atoms with Crippen LogP contribution in [0.2, 0.25) is 0 Å². The number of nitro benzene ring substituents is 1. The molecule has 1 aromatic rings. The SMILES string of the molecule is Cc1cc(N2CC(CC(=O)O)C2)cc([N+](=O)[O-])c1. The fraction of sp³-hybridized carbons (Fsp3) is 0.417. The first-order chi connectivity index (χ1) is 8.45. The Bertz CT molecular complexity index is 495. The molecule has 1 aliphatic rings. The normalized spacial score (nSPS) is 15.3. The first-order valence-electron chi connectivity index (χ1n) is 5.68. The fourth-order valence-electron chi connectivity index (χ4n) is 2.19. The summed E-state index contributed by atoms with van der Waals surface area (Å²) in [5.41, 5.74) is 1.70. The highest BCUT2D eigenvalue weighted by Gasteiger charge is 2.29. The van der Waals surface area contributed by atoms with Crippen LogP contribution in [0.4, 0.5) is 11.4 Å². The molecule has 18 heavy (non-hydrogen) atoms. The molecule has 0 radical (unpaired) electrons. The van der Waals surface area contributed by atoms with Gasteiger partial charge in [-0.15, -0.1) is 0 Å². The topological polar surface area (TPSA) is 83.7 Å². The number of anilines is 1. The van der Waals surface area contributed by atoms with Crippen molar-refractivity contribution < 1.29 is 14.8 Å². The maximum absolute atomic E-state index is 10.8. The third kappa shape index (κ3) is 2.58. The maximum atomic E-state index is 10.8. The number of hydrogen-bond acceptors (Lipinski definition) is 4. The van der Waals surface area contributed by atoms with Gasteiger partial charge in [0.2, 0.25) is 0 Å². The van der Waals surface area contributed by atoms with Crippen LogP contribution in [0.1, 0.15) is 12.0 Å². The molecule has 0 amide bonds. The van der Waals surface area contributed by atoms with Crippen LogP contribution in [0.15, 0.2) is 18.2 Å². The number of carboxylic acids is 1. The van der Waals surface area contributed by atoms with Crippen molar-refractivity contribution in [1.29, 1.82) is 0 Å². The average molecular weight is 250 g/mol. The molecule has 1 aromatic carbocycles. The quantitative estimate of drug-likeness (QED) is 0.650. The number of carbonyl (C=O) groups is 1. The summed E-state index contributed by atoms with van der Waals surface area (Å²) >= 11 is 0. The molecule has 6 heteroatoms. The molecule has 0 aliphatic carbocycles. The molecule has 0 spiro atoms. The fourth-order valence-corrected chi connectivity index (χ4v) is 2.19. The second-order valence-electron chi connectivity index (χ2n) is 4.65. The van der Waals surface area contributed by atoms with Gasteiger partial charge in [-0.1, -0.05) is 0 Å². The van der Waals surface area contributed by atoms with Gasteiger partial charge in [-0.25, -0.2) is 0 Å². The molecule has 0 unspecified atom stereocenters. The first-order valence-corrected chi connectivity index (χ1v) is 5.68. The van der Waals surface area contributed by atoms with Crippen molar-refractivity contribution in [2.24, 2.45) is 5.92 Å². The van der Waals surface area contributed by atoms with Crippen molar-refractivity contribution >= 4 is 17.3 Å². The second kappa shape index (κ2) is 4.64. The van der Waals surface area contributed by atoms with Crippen molar-refractivity contribution in [3.8, 4) is 0 Å². The average Bonchev–Trinajstić information content (AvgIpc) is 2.21. The molecule has 96 valence electrons. The molecule has 1 aliphatic heterocycles. The molecule has 0 bridgehead atoms. The van der Waals surface area contributed by atoms with Crippen molar-refractivity contribution in [2.75, 3.05) is 18.0 Å². The minimum absolute atomic E-state index is 0.0756. The van der Waals surface area contributed by atoms with Gasteiger partial charge in [-0.05, 0) is 18.6 Å². The number of nitro groups is 1. The Hall–Kier alpha value is -2.11. The number of aliphatic carboxylic acids is 1. The van der Waals surface area contributed by atoms with Crippen LogP contribution in [0.3, 0.4) is 0 Å². The smallest absolute Gasteiger partial charge is 0.303 e. The summed E-state index contributed by atoms with van der Waals surface area (Å²) in [5, 5.41) is 19.4. The lowest BCUT2D eigenvalue weighted by Gasteiger charge is -2.40. The van der Waals surface area contributed by atoms with Crippen molar-refractivity contribution in [2.45, 2.75) is 13.3 Å². The van der Waals surface area contributed by atoms with Gasteiger partial charge in [0.05, 0.1) is 11.3 Å². The van der Waals surface area contributed by atoms with E-state index < -0.39 is 10.9 Å². The van der Waals surface area contributed by atoms with E-state index in [1.807, 2.05) is 17.9 Å². The van der Waals surface area contributed by atoms with Crippen LogP contribution in [-0.2, 0) is 4.79 Å². The summed E-state index contributed by atoms with van der Waals surface area (Å²) in [6, 6.07) is 4.94. The number of rotatable bonds is 4. The molecule has 6 nitrogen and oxygen atoms in total. The minimum atomic E-state index is -0.796. The molecular formula is C12H14N2O4. The van der Waals surface area contributed by atoms with E-state index in [1.165, 1.54) is 12.1 Å². The molecule has 1 saturated heterocycles. The van der Waals surface area contributed by atoms with E-state index in [0.29, 0.717) is 13.1 Å². The number of nitrogens with zero attached hydrogens (tertiary/aromatic N) is 2. The van der Waals surface area contributed by atoms with Crippen molar-refractivity contribution in [3.05, 3.63) is 33.9 Å². The van der Waals surface area contributed by atoms with E-state index >= 15 is 0 Å². The molecule has 2 rings (SSSR count). The van der Waals surface area contributed by atoms with Gasteiger partial charge in [0.1, 0.15) is 0 Å². The Morgan fingerprint density at radius 1 is 1.50 bits per heavy atom. The van der Waals surface area contributed by atoms with Gasteiger partial charge < -0.3 is 10.0 Å². The molecule has 0 aromatic heterocycles. The standard InChI is InChI=1S/C12H14N2O4/c1-8-2-10(5-11(3-8)14(17)18)13-6-9(7-13)4-12(15)16/h2-3,5,9H,4,6-7H2,1H3,(H,15,16). The predicted molar refractivity (Wildman–Crippen MR) is 65.8 cm³/mol. The van der Waals surface area contributed by atoms with Gasteiger partial charge in [0.15, 0.2) is 0 Å². The lowest BCUT2D eigenvalue weighted by atomic mass is 9.95. The Morgan fingerprint density at radius 2 is 2.17 bits per heavy atom. The number of benzene rings is 1. The van der Waals surface area contributed by atoms with E-state index in [9.17, 15) is 14.9 Å². The van der Waals surface area contributed by atoms with Crippen molar-refractivity contribution in [3.63, 3.8) is 0 Å².